The van der Waals surface area contributed by atoms with Gasteiger partial charge >= 0.3 is 5.97 Å². The fourth-order valence-corrected chi connectivity index (χ4v) is 2.86. The molecule has 2 aromatic carbocycles. The molecule has 0 fully saturated rings. The average molecular weight is 402 g/mol. The Balaban J connectivity index is 2.14. The zero-order chi connectivity index (χ0) is 21.4. The van der Waals surface area contributed by atoms with E-state index in [1.165, 1.54) is 32.2 Å². The van der Waals surface area contributed by atoms with E-state index in [9.17, 15) is 23.9 Å². The minimum Gasteiger partial charge on any atom is -0.497 e. The van der Waals surface area contributed by atoms with Crippen molar-refractivity contribution >= 4 is 17.8 Å². The van der Waals surface area contributed by atoms with Crippen LogP contribution in [0.3, 0.4) is 0 Å². The van der Waals surface area contributed by atoms with Gasteiger partial charge in [0.2, 0.25) is 11.8 Å². The fourth-order valence-electron chi connectivity index (χ4n) is 2.86. The Labute approximate surface area is 167 Å². The molecule has 2 atom stereocenters. The Bertz CT molecular complexity index is 887. The molecular weight excluding hydrogens is 379 g/mol. The number of amides is 2. The van der Waals surface area contributed by atoms with Crippen LogP contribution in [0.4, 0.5) is 4.39 Å². The predicted molar refractivity (Wildman–Crippen MR) is 104 cm³/mol. The quantitative estimate of drug-likeness (QED) is 0.592. The molecule has 0 aliphatic rings. The van der Waals surface area contributed by atoms with E-state index in [1.807, 2.05) is 0 Å². The van der Waals surface area contributed by atoms with Gasteiger partial charge in [0.25, 0.3) is 0 Å². The maximum Gasteiger partial charge on any atom is 0.326 e. The molecule has 0 unspecified atom stereocenters. The highest BCUT2D eigenvalue weighted by atomic mass is 19.1. The molecular formula is C21H23FN2O5. The number of aliphatic carboxylic acids is 1. The van der Waals surface area contributed by atoms with Gasteiger partial charge in [-0.3, -0.25) is 9.59 Å². The average Bonchev–Trinajstić information content (AvgIpc) is 2.66. The highest BCUT2D eigenvalue weighted by molar-refractivity contribution is 5.90. The van der Waals surface area contributed by atoms with Crippen molar-refractivity contribution in [2.45, 2.75) is 31.8 Å². The van der Waals surface area contributed by atoms with Crippen LogP contribution in [0, 0.1) is 5.82 Å². The number of methoxy groups -OCH3 is 1. The first-order valence-corrected chi connectivity index (χ1v) is 8.96. The summed E-state index contributed by atoms with van der Waals surface area (Å²) in [5, 5.41) is 14.5. The summed E-state index contributed by atoms with van der Waals surface area (Å²) in [4.78, 5) is 35.8. The molecule has 8 heteroatoms. The van der Waals surface area contributed by atoms with Gasteiger partial charge in [-0.05, 0) is 35.4 Å². The first-order valence-electron chi connectivity index (χ1n) is 8.96. The van der Waals surface area contributed by atoms with Crippen LogP contribution >= 0.6 is 0 Å². The summed E-state index contributed by atoms with van der Waals surface area (Å²) in [6, 6.07) is 10.2. The van der Waals surface area contributed by atoms with Gasteiger partial charge in [0.05, 0.1) is 7.11 Å². The van der Waals surface area contributed by atoms with Crippen molar-refractivity contribution in [2.24, 2.45) is 0 Å². The van der Waals surface area contributed by atoms with Gasteiger partial charge < -0.3 is 20.5 Å². The van der Waals surface area contributed by atoms with Gasteiger partial charge in [0.1, 0.15) is 23.7 Å². The van der Waals surface area contributed by atoms with Crippen molar-refractivity contribution in [1.82, 2.24) is 10.6 Å². The number of carbonyl (C=O) groups is 3. The minimum atomic E-state index is -1.21. The van der Waals surface area contributed by atoms with Crippen LogP contribution in [0.2, 0.25) is 0 Å². The van der Waals surface area contributed by atoms with Crippen LogP contribution in [0.5, 0.6) is 5.75 Å². The number of ether oxygens (including phenoxy) is 1. The van der Waals surface area contributed by atoms with E-state index in [-0.39, 0.29) is 12.8 Å². The standard InChI is InChI=1S/C21H23FN2O5/c1-13(25)23-18(11-14-5-3-7-16(22)9-14)20(26)24-19(21(27)28)12-15-6-4-8-17(10-15)29-2/h3-10,18-19H,11-12H2,1-2H3,(H,23,25)(H,24,26)(H,27,28)/t18-,19+/m0/s1. The number of hydrogen-bond acceptors (Lipinski definition) is 4. The van der Waals surface area contributed by atoms with E-state index in [2.05, 4.69) is 10.6 Å². The summed E-state index contributed by atoms with van der Waals surface area (Å²) in [5.41, 5.74) is 1.16. The van der Waals surface area contributed by atoms with Crippen molar-refractivity contribution in [2.75, 3.05) is 7.11 Å². The van der Waals surface area contributed by atoms with E-state index >= 15 is 0 Å². The zero-order valence-electron chi connectivity index (χ0n) is 16.1. The second-order valence-electron chi connectivity index (χ2n) is 6.54. The highest BCUT2D eigenvalue weighted by Gasteiger charge is 2.26. The number of halogens is 1. The molecule has 0 bridgehead atoms. The number of carbonyl (C=O) groups excluding carboxylic acids is 2. The lowest BCUT2D eigenvalue weighted by atomic mass is 10.0. The summed E-state index contributed by atoms with van der Waals surface area (Å²) in [7, 11) is 1.50. The Morgan fingerprint density at radius 3 is 2.21 bits per heavy atom. The van der Waals surface area contributed by atoms with Crippen molar-refractivity contribution < 1.29 is 28.6 Å². The van der Waals surface area contributed by atoms with Gasteiger partial charge in [-0.25, -0.2) is 9.18 Å². The molecule has 2 aromatic rings. The van der Waals surface area contributed by atoms with Crippen LogP contribution in [-0.2, 0) is 27.2 Å². The Hall–Kier alpha value is -3.42. The maximum absolute atomic E-state index is 13.4. The van der Waals surface area contributed by atoms with Crippen LogP contribution in [-0.4, -0.2) is 42.1 Å². The lowest BCUT2D eigenvalue weighted by molar-refractivity contribution is -0.142. The third kappa shape index (κ3) is 6.91. The largest absolute Gasteiger partial charge is 0.497 e. The van der Waals surface area contributed by atoms with E-state index in [1.54, 1.807) is 30.3 Å². The molecule has 0 aliphatic carbocycles. The number of benzene rings is 2. The Kier molecular flexibility index (Phi) is 7.70. The van der Waals surface area contributed by atoms with E-state index in [4.69, 9.17) is 4.74 Å². The molecule has 154 valence electrons. The second-order valence-corrected chi connectivity index (χ2v) is 6.54. The molecule has 3 N–H and O–H groups in total. The Morgan fingerprint density at radius 2 is 1.62 bits per heavy atom. The van der Waals surface area contributed by atoms with Gasteiger partial charge in [0, 0.05) is 19.8 Å². The molecule has 2 rings (SSSR count). The highest BCUT2D eigenvalue weighted by Crippen LogP contribution is 2.14. The molecule has 0 spiro atoms. The van der Waals surface area contributed by atoms with E-state index < -0.39 is 35.7 Å². The van der Waals surface area contributed by atoms with Gasteiger partial charge in [-0.2, -0.15) is 0 Å². The topological polar surface area (TPSA) is 105 Å². The molecule has 0 heterocycles. The smallest absolute Gasteiger partial charge is 0.326 e. The lowest BCUT2D eigenvalue weighted by Gasteiger charge is -2.21. The maximum atomic E-state index is 13.4. The van der Waals surface area contributed by atoms with Crippen LogP contribution in [0.15, 0.2) is 48.5 Å². The first kappa shape index (κ1) is 21.9. The monoisotopic (exact) mass is 402 g/mol. The minimum absolute atomic E-state index is 0.0225. The van der Waals surface area contributed by atoms with Crippen LogP contribution in [0.1, 0.15) is 18.1 Å². The molecule has 0 saturated heterocycles. The van der Waals surface area contributed by atoms with Crippen LogP contribution in [0.25, 0.3) is 0 Å². The number of nitrogens with one attached hydrogen (secondary N) is 2. The molecule has 0 saturated carbocycles. The van der Waals surface area contributed by atoms with Gasteiger partial charge in [0.15, 0.2) is 0 Å². The summed E-state index contributed by atoms with van der Waals surface area (Å²) < 4.78 is 18.5. The molecule has 0 aliphatic heterocycles. The number of rotatable bonds is 9. The molecule has 7 nitrogen and oxygen atoms in total. The second kappa shape index (κ2) is 10.2. The third-order valence-corrected chi connectivity index (χ3v) is 4.21. The van der Waals surface area contributed by atoms with Crippen molar-refractivity contribution in [3.8, 4) is 5.75 Å². The zero-order valence-corrected chi connectivity index (χ0v) is 16.1. The fraction of sp³-hybridized carbons (Fsp3) is 0.286. The summed E-state index contributed by atoms with van der Waals surface area (Å²) >= 11 is 0. The van der Waals surface area contributed by atoms with E-state index in [0.29, 0.717) is 16.9 Å². The number of hydrogen-bond donors (Lipinski definition) is 3. The van der Waals surface area contributed by atoms with Crippen molar-refractivity contribution in [1.29, 1.82) is 0 Å². The normalized spacial score (nSPS) is 12.5. The molecule has 0 radical (unpaired) electrons. The van der Waals surface area contributed by atoms with Gasteiger partial charge in [-0.1, -0.05) is 24.3 Å². The summed E-state index contributed by atoms with van der Waals surface area (Å²) in [6.07, 6.45) is 0.0553. The predicted octanol–water partition coefficient (Wildman–Crippen LogP) is 1.69. The third-order valence-electron chi connectivity index (χ3n) is 4.21. The first-order chi connectivity index (χ1) is 13.8. The molecule has 29 heavy (non-hydrogen) atoms. The number of carboxylic acid groups (broad SMARTS) is 1. The molecule has 2 amide bonds. The molecule has 0 aromatic heterocycles. The Morgan fingerprint density at radius 1 is 1.00 bits per heavy atom. The van der Waals surface area contributed by atoms with Gasteiger partial charge in [-0.15, -0.1) is 0 Å². The summed E-state index contributed by atoms with van der Waals surface area (Å²) in [5.74, 6) is -2.24. The van der Waals surface area contributed by atoms with Crippen molar-refractivity contribution in [3.63, 3.8) is 0 Å². The lowest BCUT2D eigenvalue weighted by Crippen LogP contribution is -2.52. The summed E-state index contributed by atoms with van der Waals surface area (Å²) in [6.45, 7) is 1.25. The van der Waals surface area contributed by atoms with E-state index in [0.717, 1.165) is 0 Å². The van der Waals surface area contributed by atoms with Crippen molar-refractivity contribution in [3.05, 3.63) is 65.5 Å². The number of carboxylic acids is 1. The SMILES string of the molecule is COc1cccc(C[C@@H](NC(=O)[C@H](Cc2cccc(F)c2)NC(C)=O)C(=O)O)c1. The van der Waals surface area contributed by atoms with Crippen LogP contribution < -0.4 is 15.4 Å².